The predicted octanol–water partition coefficient (Wildman–Crippen LogP) is -7.54. The molecule has 0 atom stereocenters. The Hall–Kier alpha value is 2.89. The van der Waals surface area contributed by atoms with Crippen molar-refractivity contribution >= 4 is 139 Å². The van der Waals surface area contributed by atoms with Crippen LogP contribution in [0.4, 0.5) is 20.8 Å². The maximum Gasteiger partial charge on any atom is 0 e. The minimum Gasteiger partial charge on any atom is 0 e. The normalized spacial score (nSPS) is 11.4. The van der Waals surface area contributed by atoms with Crippen molar-refractivity contribution in [2.75, 3.05) is 0 Å². The largest absolute Gasteiger partial charge is 0 e. The standard InChI is InChI=1S/6AsFH2O3.K/c6*2-1(3,4)5;/h6*(H2,3,4,5);. The summed E-state index contributed by atoms with van der Waals surface area (Å²) in [5, 5.41) is 0. The minimum absolute atomic E-state index is 0. The fourth-order valence-corrected chi connectivity index (χ4v) is 0. The first-order valence-electron chi connectivity index (χ1n) is 4.51. The van der Waals surface area contributed by atoms with Gasteiger partial charge in [-0.2, -0.15) is 0 Å². The molecule has 31 heteroatoms. The van der Waals surface area contributed by atoms with Gasteiger partial charge in [0.2, 0.25) is 0 Å². The molecule has 0 fully saturated rings. The van der Waals surface area contributed by atoms with E-state index in [1.165, 1.54) is 0 Å². The summed E-state index contributed by atoms with van der Waals surface area (Å²) in [6.07, 6.45) is 0. The summed E-state index contributed by atoms with van der Waals surface area (Å²) in [7, 11) is 0. The van der Waals surface area contributed by atoms with E-state index >= 15 is 0 Å². The van der Waals surface area contributed by atoms with Crippen LogP contribution in [0.25, 0.3) is 0 Å². The third kappa shape index (κ3) is 3760. The summed E-state index contributed by atoms with van der Waals surface area (Å²) >= 11 is -33.8. The van der Waals surface area contributed by atoms with Gasteiger partial charge in [0.25, 0.3) is 0 Å². The molecule has 18 nitrogen and oxygen atoms in total. The molecule has 0 saturated carbocycles. The van der Waals surface area contributed by atoms with Gasteiger partial charge in [0, 0.05) is 51.4 Å². The first kappa shape index (κ1) is 50.7. The average molecular weight is 903 g/mol. The van der Waals surface area contributed by atoms with Crippen molar-refractivity contribution in [1.82, 2.24) is 0 Å². The van der Waals surface area contributed by atoms with Crippen molar-refractivity contribution in [3.8, 4) is 0 Å². The van der Waals surface area contributed by atoms with Gasteiger partial charge in [0.15, 0.2) is 0 Å². The Kier molecular flexibility index (Phi) is 36.2. The summed E-state index contributed by atoms with van der Waals surface area (Å²) in [4.78, 5) is 0. The van der Waals surface area contributed by atoms with E-state index in [4.69, 9.17) is 71.6 Å². The molecule has 193 valence electrons. The molecule has 0 aromatic heterocycles. The van der Waals surface area contributed by atoms with E-state index in [2.05, 4.69) is 0 Å². The van der Waals surface area contributed by atoms with Crippen molar-refractivity contribution in [3.05, 3.63) is 0 Å². The quantitative estimate of drug-likeness (QED) is 0.0794. The average Bonchev–Trinajstić information content (AvgIpc) is 1.94. The van der Waals surface area contributed by atoms with Crippen LogP contribution in [0.1, 0.15) is 0 Å². The Balaban J connectivity index is -0.0000000443. The zero-order valence-corrected chi connectivity index (χ0v) is 28.1. The maximum absolute atomic E-state index is 10.4. The van der Waals surface area contributed by atoms with Crippen LogP contribution in [-0.2, 0) is 22.4 Å². The Labute approximate surface area is 228 Å². The second-order valence-electron chi connectivity index (χ2n) is 2.84. The van der Waals surface area contributed by atoms with E-state index in [0.717, 1.165) is 0 Å². The van der Waals surface area contributed by atoms with Crippen molar-refractivity contribution < 1.29 is 92.4 Å². The van der Waals surface area contributed by atoms with Crippen LogP contribution < -0.4 is 0 Å². The third-order valence-electron chi connectivity index (χ3n) is 0. The van der Waals surface area contributed by atoms with E-state index in [1.54, 1.807) is 0 Å². The minimum atomic E-state index is -5.62. The molecule has 0 aromatic rings. The fourth-order valence-electron chi connectivity index (χ4n) is 0. The van der Waals surface area contributed by atoms with Gasteiger partial charge in [-0.1, -0.05) is 0 Å². The van der Waals surface area contributed by atoms with Crippen LogP contribution in [0.3, 0.4) is 0 Å². The molecular weight excluding hydrogens is 891 g/mol. The Bertz CT molecular complexity index is 480. The van der Waals surface area contributed by atoms with Crippen LogP contribution in [0.5, 0.6) is 0 Å². The molecule has 0 spiro atoms. The molecule has 1 radical (unpaired) electrons. The molecule has 0 aromatic carbocycles. The Morgan fingerprint density at radius 3 is 0.290 bits per heavy atom. The van der Waals surface area contributed by atoms with Crippen molar-refractivity contribution in [1.29, 1.82) is 0 Å². The fraction of sp³-hybridized carbons (Fsp3) is 0. The molecule has 0 aliphatic carbocycles. The first-order valence-corrected chi connectivity index (χ1v) is 23.4. The molecule has 0 aliphatic heterocycles. The van der Waals surface area contributed by atoms with E-state index in [9.17, 15) is 20.8 Å². The van der Waals surface area contributed by atoms with Crippen LogP contribution in [0.15, 0.2) is 0 Å². The van der Waals surface area contributed by atoms with Crippen LogP contribution in [-0.4, -0.2) is 188 Å². The summed E-state index contributed by atoms with van der Waals surface area (Å²) in [6, 6.07) is 0. The van der Waals surface area contributed by atoms with E-state index in [-0.39, 0.29) is 51.4 Å². The molecule has 12 N–H and O–H groups in total. The summed E-state index contributed by atoms with van der Waals surface area (Å²) in [5.74, 6) is 0. The molecular formula is H12As6F6KO18. The molecule has 0 heterocycles. The molecule has 0 rings (SSSR count). The van der Waals surface area contributed by atoms with Gasteiger partial charge in [-0.15, -0.1) is 0 Å². The van der Waals surface area contributed by atoms with Gasteiger partial charge in [0.1, 0.15) is 0 Å². The predicted molar refractivity (Wildman–Crippen MR) is 77.7 cm³/mol. The van der Waals surface area contributed by atoms with Crippen LogP contribution in [0.2, 0.25) is 0 Å². The molecule has 0 aliphatic rings. The summed E-state index contributed by atoms with van der Waals surface area (Å²) < 4.78 is 199. The van der Waals surface area contributed by atoms with Crippen LogP contribution in [0, 0.1) is 0 Å². The number of halogens is 6. The van der Waals surface area contributed by atoms with Crippen LogP contribution >= 0.6 is 0 Å². The smallest absolute Gasteiger partial charge is 0 e. The van der Waals surface area contributed by atoms with Crippen molar-refractivity contribution in [2.24, 2.45) is 0 Å². The van der Waals surface area contributed by atoms with Gasteiger partial charge >= 0.3 is 180 Å². The molecule has 0 unspecified atom stereocenters. The van der Waals surface area contributed by atoms with Gasteiger partial charge in [-0.3, -0.25) is 0 Å². The molecule has 0 amide bonds. The van der Waals surface area contributed by atoms with Crippen molar-refractivity contribution in [3.63, 3.8) is 0 Å². The van der Waals surface area contributed by atoms with Gasteiger partial charge in [-0.05, 0) is 0 Å². The number of hydrogen-bond acceptors (Lipinski definition) is 6. The third-order valence-corrected chi connectivity index (χ3v) is 0. The monoisotopic (exact) mass is 902 g/mol. The number of hydrogen-bond donors (Lipinski definition) is 12. The zero-order chi connectivity index (χ0) is 27.0. The second-order valence-corrected chi connectivity index (χ2v) is 14.7. The van der Waals surface area contributed by atoms with Gasteiger partial charge in [-0.25, -0.2) is 0 Å². The topological polar surface area (TPSA) is 345 Å². The zero-order valence-electron chi connectivity index (χ0n) is 13.8. The summed E-state index contributed by atoms with van der Waals surface area (Å²) in [6.45, 7) is 0. The SMILES string of the molecule is O=[As](O)(O)F.O=[As](O)(O)F.O=[As](O)(O)F.O=[As](O)(O)F.O=[As](O)(O)F.O=[As](O)(O)F.[K]. The molecule has 31 heavy (non-hydrogen) atoms. The summed E-state index contributed by atoms with van der Waals surface area (Å²) in [5.41, 5.74) is 0. The van der Waals surface area contributed by atoms with Gasteiger partial charge in [0.05, 0.1) is 0 Å². The first-order chi connectivity index (χ1) is 12.0. The van der Waals surface area contributed by atoms with E-state index < -0.39 is 87.9 Å². The Morgan fingerprint density at radius 1 is 0.290 bits per heavy atom. The van der Waals surface area contributed by atoms with E-state index in [1.807, 2.05) is 0 Å². The maximum atomic E-state index is 10.4. The molecule has 0 bridgehead atoms. The van der Waals surface area contributed by atoms with Gasteiger partial charge < -0.3 is 0 Å². The molecule has 0 saturated heterocycles. The Morgan fingerprint density at radius 2 is 0.290 bits per heavy atom. The number of rotatable bonds is 0. The van der Waals surface area contributed by atoms with E-state index in [0.29, 0.717) is 0 Å². The van der Waals surface area contributed by atoms with Crippen molar-refractivity contribution in [2.45, 2.75) is 0 Å². The second kappa shape index (κ2) is 22.1.